The van der Waals surface area contributed by atoms with Crippen LogP contribution in [0.4, 0.5) is 0 Å². The molecule has 3 rings (SSSR count). The zero-order chi connectivity index (χ0) is 19.1. The number of hydrogen-bond donors (Lipinski definition) is 2. The summed E-state index contributed by atoms with van der Waals surface area (Å²) in [6.07, 6.45) is 6.25. The Bertz CT molecular complexity index is 924. The molecule has 0 saturated carbocycles. The number of carbonyl (C=O) groups excluding carboxylic acids is 2. The number of aryl methyl sites for hydroxylation is 1. The minimum Gasteiger partial charge on any atom is -0.348 e. The molecule has 2 aromatic heterocycles. The highest BCUT2D eigenvalue weighted by atomic mass is 16.2. The van der Waals surface area contributed by atoms with E-state index in [0.717, 1.165) is 11.1 Å². The summed E-state index contributed by atoms with van der Waals surface area (Å²) in [5.41, 5.74) is 3.75. The van der Waals surface area contributed by atoms with E-state index in [2.05, 4.69) is 20.6 Å². The second-order valence-corrected chi connectivity index (χ2v) is 6.17. The number of nitrogens with zero attached hydrogens (tertiary/aromatic N) is 2. The molecular weight excluding hydrogens is 340 g/mol. The second-order valence-electron chi connectivity index (χ2n) is 6.17. The number of benzene rings is 1. The van der Waals surface area contributed by atoms with Gasteiger partial charge >= 0.3 is 0 Å². The molecule has 0 atom stereocenters. The summed E-state index contributed by atoms with van der Waals surface area (Å²) >= 11 is 0. The van der Waals surface area contributed by atoms with Crippen LogP contribution >= 0.6 is 0 Å². The van der Waals surface area contributed by atoms with E-state index in [4.69, 9.17) is 0 Å². The number of nitrogens with one attached hydrogen (secondary N) is 2. The molecule has 136 valence electrons. The van der Waals surface area contributed by atoms with Gasteiger partial charge in [0.25, 0.3) is 11.8 Å². The van der Waals surface area contributed by atoms with E-state index in [1.54, 1.807) is 12.4 Å². The molecule has 6 heteroatoms. The molecule has 1 aromatic carbocycles. The fraction of sp³-hybridized carbons (Fsp3) is 0.143. The van der Waals surface area contributed by atoms with Crippen LogP contribution in [0.2, 0.25) is 0 Å². The van der Waals surface area contributed by atoms with Crippen molar-refractivity contribution in [1.82, 2.24) is 20.6 Å². The van der Waals surface area contributed by atoms with Crippen molar-refractivity contribution in [2.45, 2.75) is 20.0 Å². The third kappa shape index (κ3) is 5.22. The van der Waals surface area contributed by atoms with Crippen LogP contribution in [0.5, 0.6) is 0 Å². The Morgan fingerprint density at radius 3 is 2.04 bits per heavy atom. The van der Waals surface area contributed by atoms with E-state index >= 15 is 0 Å². The first-order valence-electron chi connectivity index (χ1n) is 8.58. The van der Waals surface area contributed by atoms with Gasteiger partial charge in [-0.3, -0.25) is 19.6 Å². The zero-order valence-corrected chi connectivity index (χ0v) is 15.0. The van der Waals surface area contributed by atoms with E-state index in [1.807, 2.05) is 43.3 Å². The molecule has 27 heavy (non-hydrogen) atoms. The number of pyridine rings is 2. The van der Waals surface area contributed by atoms with E-state index in [1.165, 1.54) is 24.0 Å². The second kappa shape index (κ2) is 8.71. The fourth-order valence-electron chi connectivity index (χ4n) is 2.47. The average Bonchev–Trinajstić information content (AvgIpc) is 2.72. The van der Waals surface area contributed by atoms with Crippen molar-refractivity contribution in [3.8, 4) is 0 Å². The maximum absolute atomic E-state index is 12.3. The summed E-state index contributed by atoms with van der Waals surface area (Å²) in [6.45, 7) is 2.78. The Morgan fingerprint density at radius 1 is 0.815 bits per heavy atom. The molecule has 2 amide bonds. The van der Waals surface area contributed by atoms with Gasteiger partial charge in [0.2, 0.25) is 0 Å². The van der Waals surface area contributed by atoms with Gasteiger partial charge in [0, 0.05) is 37.9 Å². The van der Waals surface area contributed by atoms with Gasteiger partial charge in [-0.1, -0.05) is 35.9 Å². The Balaban J connectivity index is 1.59. The van der Waals surface area contributed by atoms with Gasteiger partial charge in [-0.05, 0) is 30.2 Å². The molecular formula is C21H20N4O2. The van der Waals surface area contributed by atoms with Crippen molar-refractivity contribution in [2.24, 2.45) is 0 Å². The van der Waals surface area contributed by atoms with Gasteiger partial charge in [-0.25, -0.2) is 0 Å². The summed E-state index contributed by atoms with van der Waals surface area (Å²) in [7, 11) is 0. The molecule has 0 aliphatic carbocycles. The summed E-state index contributed by atoms with van der Waals surface area (Å²) < 4.78 is 0. The maximum atomic E-state index is 12.3. The van der Waals surface area contributed by atoms with E-state index in [9.17, 15) is 9.59 Å². The van der Waals surface area contributed by atoms with Crippen LogP contribution in [-0.4, -0.2) is 21.8 Å². The minimum atomic E-state index is -0.292. The topological polar surface area (TPSA) is 84.0 Å². The maximum Gasteiger partial charge on any atom is 0.253 e. The first-order chi connectivity index (χ1) is 13.1. The van der Waals surface area contributed by atoms with Gasteiger partial charge in [-0.2, -0.15) is 0 Å². The molecule has 6 nitrogen and oxygen atoms in total. The van der Waals surface area contributed by atoms with Crippen LogP contribution in [0.25, 0.3) is 0 Å². The molecule has 0 bridgehead atoms. The van der Waals surface area contributed by atoms with Crippen LogP contribution in [0.1, 0.15) is 37.4 Å². The summed E-state index contributed by atoms with van der Waals surface area (Å²) in [4.78, 5) is 32.7. The van der Waals surface area contributed by atoms with Crippen LogP contribution in [0.3, 0.4) is 0 Å². The highest BCUT2D eigenvalue weighted by molar-refractivity contribution is 5.99. The van der Waals surface area contributed by atoms with Crippen LogP contribution in [-0.2, 0) is 13.1 Å². The van der Waals surface area contributed by atoms with Gasteiger partial charge < -0.3 is 10.6 Å². The quantitative estimate of drug-likeness (QED) is 0.708. The van der Waals surface area contributed by atoms with Crippen molar-refractivity contribution >= 4 is 11.8 Å². The molecule has 2 heterocycles. The largest absolute Gasteiger partial charge is 0.348 e. The Kier molecular flexibility index (Phi) is 5.89. The lowest BCUT2D eigenvalue weighted by Crippen LogP contribution is -2.25. The SMILES string of the molecule is Cc1ccc(CNC(=O)c2cncc(C(=O)NCc3cccnc3)c2)cc1. The zero-order valence-electron chi connectivity index (χ0n) is 15.0. The van der Waals surface area contributed by atoms with Gasteiger partial charge in [0.1, 0.15) is 0 Å². The number of aromatic nitrogens is 2. The summed E-state index contributed by atoms with van der Waals surface area (Å²) in [5.74, 6) is -0.565. The lowest BCUT2D eigenvalue weighted by molar-refractivity contribution is 0.0950. The van der Waals surface area contributed by atoms with Gasteiger partial charge in [0.15, 0.2) is 0 Å². The van der Waals surface area contributed by atoms with Crippen LogP contribution < -0.4 is 10.6 Å². The molecule has 2 N–H and O–H groups in total. The molecule has 0 aliphatic heterocycles. The van der Waals surface area contributed by atoms with Gasteiger partial charge in [0.05, 0.1) is 11.1 Å². The van der Waals surface area contributed by atoms with E-state index in [0.29, 0.717) is 24.2 Å². The molecule has 3 aromatic rings. The molecule has 0 spiro atoms. The Labute approximate surface area is 157 Å². The predicted octanol–water partition coefficient (Wildman–Crippen LogP) is 2.65. The highest BCUT2D eigenvalue weighted by Crippen LogP contribution is 2.06. The third-order valence-corrected chi connectivity index (χ3v) is 4.01. The van der Waals surface area contributed by atoms with Crippen molar-refractivity contribution in [3.63, 3.8) is 0 Å². The molecule has 0 unspecified atom stereocenters. The highest BCUT2D eigenvalue weighted by Gasteiger charge is 2.11. The Morgan fingerprint density at radius 2 is 1.44 bits per heavy atom. The monoisotopic (exact) mass is 360 g/mol. The number of amides is 2. The van der Waals surface area contributed by atoms with E-state index in [-0.39, 0.29) is 11.8 Å². The van der Waals surface area contributed by atoms with Crippen LogP contribution in [0.15, 0.2) is 67.3 Å². The Hall–Kier alpha value is -3.54. The third-order valence-electron chi connectivity index (χ3n) is 4.01. The first-order valence-corrected chi connectivity index (χ1v) is 8.58. The number of carbonyl (C=O) groups is 2. The lowest BCUT2D eigenvalue weighted by Gasteiger charge is -2.08. The van der Waals surface area contributed by atoms with Crippen molar-refractivity contribution in [3.05, 3.63) is 95.1 Å². The first kappa shape index (κ1) is 18.3. The molecule has 0 aliphatic rings. The van der Waals surface area contributed by atoms with Crippen molar-refractivity contribution in [2.75, 3.05) is 0 Å². The van der Waals surface area contributed by atoms with Gasteiger partial charge in [-0.15, -0.1) is 0 Å². The average molecular weight is 360 g/mol. The van der Waals surface area contributed by atoms with Crippen molar-refractivity contribution < 1.29 is 9.59 Å². The standard InChI is InChI=1S/C21H20N4O2/c1-15-4-6-16(7-5-15)11-24-20(26)18-9-19(14-23-13-18)21(27)25-12-17-3-2-8-22-10-17/h2-10,13-14H,11-12H2,1H3,(H,24,26)(H,25,27). The van der Waals surface area contributed by atoms with Crippen LogP contribution in [0, 0.1) is 6.92 Å². The lowest BCUT2D eigenvalue weighted by atomic mass is 10.1. The number of hydrogen-bond acceptors (Lipinski definition) is 4. The smallest absolute Gasteiger partial charge is 0.253 e. The van der Waals surface area contributed by atoms with Crippen molar-refractivity contribution in [1.29, 1.82) is 0 Å². The van der Waals surface area contributed by atoms with E-state index < -0.39 is 0 Å². The summed E-state index contributed by atoms with van der Waals surface area (Å²) in [5, 5.41) is 5.63. The fourth-order valence-corrected chi connectivity index (χ4v) is 2.47. The molecule has 0 radical (unpaired) electrons. The minimum absolute atomic E-state index is 0.273. The normalized spacial score (nSPS) is 10.3. The predicted molar refractivity (Wildman–Crippen MR) is 102 cm³/mol. The molecule has 0 fully saturated rings. The summed E-state index contributed by atoms with van der Waals surface area (Å²) in [6, 6.07) is 13.2. The molecule has 0 saturated heterocycles. The number of rotatable bonds is 6.